The first-order valence-corrected chi connectivity index (χ1v) is 11.2. The number of hydrogen-bond acceptors (Lipinski definition) is 3. The van der Waals surface area contributed by atoms with Crippen molar-refractivity contribution in [3.63, 3.8) is 0 Å². The van der Waals surface area contributed by atoms with Crippen LogP contribution in [0.5, 0.6) is 0 Å². The van der Waals surface area contributed by atoms with Crippen LogP contribution in [0.3, 0.4) is 0 Å². The minimum absolute atomic E-state index is 0.810. The predicted molar refractivity (Wildman–Crippen MR) is 111 cm³/mol. The highest BCUT2D eigenvalue weighted by molar-refractivity contribution is 5.48. The number of benzene rings is 1. The molecule has 0 aromatic heterocycles. The van der Waals surface area contributed by atoms with Gasteiger partial charge in [0.15, 0.2) is 0 Å². The van der Waals surface area contributed by atoms with E-state index in [0.29, 0.717) is 0 Å². The van der Waals surface area contributed by atoms with Crippen LogP contribution in [0.4, 0.5) is 5.69 Å². The van der Waals surface area contributed by atoms with Gasteiger partial charge in [-0.1, -0.05) is 31.4 Å². The summed E-state index contributed by atoms with van der Waals surface area (Å²) in [6.45, 7) is 7.39. The number of nitrogens with one attached hydrogen (secondary N) is 1. The predicted octanol–water partition coefficient (Wildman–Crippen LogP) is 4.42. The maximum atomic E-state index is 3.86. The van der Waals surface area contributed by atoms with Crippen LogP contribution < -0.4 is 10.2 Å². The van der Waals surface area contributed by atoms with Crippen molar-refractivity contribution < 1.29 is 0 Å². The lowest BCUT2D eigenvalue weighted by Crippen LogP contribution is -2.40. The molecule has 3 heteroatoms. The Morgan fingerprint density at radius 1 is 0.769 bits per heavy atom. The molecule has 3 nitrogen and oxygen atoms in total. The summed E-state index contributed by atoms with van der Waals surface area (Å²) in [6, 6.07) is 10.2. The molecule has 3 fully saturated rings. The molecule has 0 amide bonds. The second kappa shape index (κ2) is 9.23. The first-order chi connectivity index (χ1) is 12.9. The van der Waals surface area contributed by atoms with Crippen LogP contribution in [0.15, 0.2) is 24.3 Å². The molecule has 2 heterocycles. The van der Waals surface area contributed by atoms with Crippen molar-refractivity contribution in [1.82, 2.24) is 10.2 Å². The molecule has 26 heavy (non-hydrogen) atoms. The third-order valence-electron chi connectivity index (χ3n) is 6.82. The quantitative estimate of drug-likeness (QED) is 0.815. The second-order valence-corrected chi connectivity index (χ2v) is 8.82. The van der Waals surface area contributed by atoms with Crippen LogP contribution >= 0.6 is 0 Å². The average Bonchev–Trinajstić information content (AvgIpc) is 3.21. The highest BCUT2D eigenvalue weighted by Gasteiger charge is 2.21. The molecule has 144 valence electrons. The lowest BCUT2D eigenvalue weighted by molar-refractivity contribution is 0.319. The van der Waals surface area contributed by atoms with E-state index in [4.69, 9.17) is 0 Å². The fourth-order valence-electron chi connectivity index (χ4n) is 5.05. The molecule has 2 saturated heterocycles. The first kappa shape index (κ1) is 18.3. The molecule has 3 aliphatic rings. The first-order valence-electron chi connectivity index (χ1n) is 11.2. The van der Waals surface area contributed by atoms with Gasteiger partial charge in [-0.25, -0.2) is 0 Å². The van der Waals surface area contributed by atoms with E-state index in [1.54, 1.807) is 0 Å². The van der Waals surface area contributed by atoms with Crippen molar-refractivity contribution in [1.29, 1.82) is 0 Å². The maximum absolute atomic E-state index is 3.86. The average molecular weight is 356 g/mol. The number of anilines is 1. The van der Waals surface area contributed by atoms with E-state index in [2.05, 4.69) is 39.4 Å². The normalized spacial score (nSPS) is 23.6. The van der Waals surface area contributed by atoms with Crippen molar-refractivity contribution >= 4 is 5.69 Å². The van der Waals surface area contributed by atoms with Gasteiger partial charge >= 0.3 is 0 Å². The Morgan fingerprint density at radius 2 is 1.46 bits per heavy atom. The third-order valence-corrected chi connectivity index (χ3v) is 6.82. The Morgan fingerprint density at radius 3 is 2.15 bits per heavy atom. The molecule has 1 aromatic rings. The molecule has 0 radical (unpaired) electrons. The van der Waals surface area contributed by atoms with E-state index in [-0.39, 0.29) is 0 Å². The second-order valence-electron chi connectivity index (χ2n) is 8.82. The molecule has 1 saturated carbocycles. The van der Waals surface area contributed by atoms with Crippen LogP contribution in [0.2, 0.25) is 0 Å². The zero-order chi connectivity index (χ0) is 17.6. The minimum atomic E-state index is 0.810. The molecule has 0 atom stereocenters. The Balaban J connectivity index is 1.20. The van der Waals surface area contributed by atoms with Crippen LogP contribution in [-0.4, -0.2) is 43.7 Å². The van der Waals surface area contributed by atoms with Gasteiger partial charge in [0.2, 0.25) is 0 Å². The Labute approximate surface area is 160 Å². The number of piperidine rings is 1. The molecule has 1 aromatic carbocycles. The molecular weight excluding hydrogens is 318 g/mol. The highest BCUT2D eigenvalue weighted by atomic mass is 15.1. The summed E-state index contributed by atoms with van der Waals surface area (Å²) >= 11 is 0. The summed E-state index contributed by atoms with van der Waals surface area (Å²) in [6.07, 6.45) is 12.6. The van der Waals surface area contributed by atoms with Crippen LogP contribution in [0, 0.1) is 5.92 Å². The maximum Gasteiger partial charge on any atom is 0.0366 e. The summed E-state index contributed by atoms with van der Waals surface area (Å²) in [5, 5.41) is 3.86. The Hall–Kier alpha value is -1.06. The smallest absolute Gasteiger partial charge is 0.0366 e. The SMILES string of the molecule is c1cc(N2CCC(CNC3CCCCC3)CC2)ccc1CN1CCCC1. The van der Waals surface area contributed by atoms with Crippen molar-refractivity contribution in [2.24, 2.45) is 5.92 Å². The summed E-state index contributed by atoms with van der Waals surface area (Å²) < 4.78 is 0. The number of nitrogens with zero attached hydrogens (tertiary/aromatic N) is 2. The largest absolute Gasteiger partial charge is 0.372 e. The van der Waals surface area contributed by atoms with Gasteiger partial charge in [0, 0.05) is 31.4 Å². The van der Waals surface area contributed by atoms with E-state index in [0.717, 1.165) is 18.5 Å². The van der Waals surface area contributed by atoms with E-state index >= 15 is 0 Å². The Bertz CT molecular complexity index is 521. The molecule has 0 spiro atoms. The van der Waals surface area contributed by atoms with Gasteiger partial charge in [0.25, 0.3) is 0 Å². The summed E-state index contributed by atoms with van der Waals surface area (Å²) in [4.78, 5) is 5.18. The molecule has 1 aliphatic carbocycles. The minimum Gasteiger partial charge on any atom is -0.372 e. The van der Waals surface area contributed by atoms with Crippen molar-refractivity contribution in [3.05, 3.63) is 29.8 Å². The number of hydrogen-bond donors (Lipinski definition) is 1. The van der Waals surface area contributed by atoms with Gasteiger partial charge < -0.3 is 10.2 Å². The summed E-state index contributed by atoms with van der Waals surface area (Å²) in [5.41, 5.74) is 2.90. The van der Waals surface area contributed by atoms with Crippen LogP contribution in [-0.2, 0) is 6.54 Å². The van der Waals surface area contributed by atoms with Gasteiger partial charge in [0.05, 0.1) is 0 Å². The van der Waals surface area contributed by atoms with Gasteiger partial charge in [0.1, 0.15) is 0 Å². The van der Waals surface area contributed by atoms with Gasteiger partial charge in [-0.05, 0) is 81.8 Å². The van der Waals surface area contributed by atoms with Gasteiger partial charge in [-0.15, -0.1) is 0 Å². The zero-order valence-corrected chi connectivity index (χ0v) is 16.5. The topological polar surface area (TPSA) is 18.5 Å². The molecule has 2 aliphatic heterocycles. The fourth-order valence-corrected chi connectivity index (χ4v) is 5.05. The van der Waals surface area contributed by atoms with Crippen LogP contribution in [0.1, 0.15) is 63.4 Å². The molecule has 0 bridgehead atoms. The van der Waals surface area contributed by atoms with Gasteiger partial charge in [-0.2, -0.15) is 0 Å². The molecule has 0 unspecified atom stereocenters. The van der Waals surface area contributed by atoms with E-state index in [9.17, 15) is 0 Å². The van der Waals surface area contributed by atoms with Crippen molar-refractivity contribution in [2.75, 3.05) is 37.6 Å². The van der Waals surface area contributed by atoms with E-state index < -0.39 is 0 Å². The lowest BCUT2D eigenvalue weighted by Gasteiger charge is -2.35. The summed E-state index contributed by atoms with van der Waals surface area (Å²) in [5.74, 6) is 0.877. The van der Waals surface area contributed by atoms with Crippen molar-refractivity contribution in [2.45, 2.75) is 70.4 Å². The van der Waals surface area contributed by atoms with Crippen molar-refractivity contribution in [3.8, 4) is 0 Å². The zero-order valence-electron chi connectivity index (χ0n) is 16.5. The molecule has 1 N–H and O–H groups in total. The summed E-state index contributed by atoms with van der Waals surface area (Å²) in [7, 11) is 0. The molecule has 4 rings (SSSR count). The van der Waals surface area contributed by atoms with E-state index in [1.165, 1.54) is 102 Å². The van der Waals surface area contributed by atoms with Gasteiger partial charge in [-0.3, -0.25) is 4.90 Å². The number of rotatable bonds is 6. The Kier molecular flexibility index (Phi) is 6.50. The fraction of sp³-hybridized carbons (Fsp3) is 0.739. The monoisotopic (exact) mass is 355 g/mol. The number of likely N-dealkylation sites (tertiary alicyclic amines) is 1. The van der Waals surface area contributed by atoms with E-state index in [1.807, 2.05) is 0 Å². The third kappa shape index (κ3) is 5.01. The molecular formula is C23H37N3. The lowest BCUT2D eigenvalue weighted by atomic mass is 9.93. The highest BCUT2D eigenvalue weighted by Crippen LogP contribution is 2.25. The van der Waals surface area contributed by atoms with Crippen LogP contribution in [0.25, 0.3) is 0 Å². The standard InChI is InChI=1S/C23H37N3/c1-2-6-22(7-3-1)24-18-20-12-16-26(17-13-20)23-10-8-21(9-11-23)19-25-14-4-5-15-25/h8-11,20,22,24H,1-7,12-19H2.